The monoisotopic (exact) mass is 386 g/mol. The topological polar surface area (TPSA) is 77.6 Å². The Morgan fingerprint density at radius 2 is 1.96 bits per heavy atom. The summed E-state index contributed by atoms with van der Waals surface area (Å²) in [5, 5.41) is 12.8. The fourth-order valence-corrected chi connectivity index (χ4v) is 3.96. The quantitative estimate of drug-likeness (QED) is 0.581. The number of rotatable bonds is 3. The zero-order chi connectivity index (χ0) is 18.4. The first-order valence-electron chi connectivity index (χ1n) is 7.86. The number of aryl methyl sites for hydroxylation is 3. The van der Waals surface area contributed by atoms with Gasteiger partial charge < -0.3 is 5.32 Å². The molecule has 0 aliphatic heterocycles. The molecule has 132 valence electrons. The summed E-state index contributed by atoms with van der Waals surface area (Å²) in [5.41, 5.74) is 2.75. The number of aromatic nitrogens is 5. The maximum absolute atomic E-state index is 12.6. The number of anilines is 1. The van der Waals surface area contributed by atoms with Crippen LogP contribution in [0.25, 0.3) is 15.3 Å². The summed E-state index contributed by atoms with van der Waals surface area (Å²) in [6, 6.07) is 9.17. The summed E-state index contributed by atoms with van der Waals surface area (Å²) in [4.78, 5) is 17.2. The SMILES string of the molecule is Cc1cc(C(=O)Nc2cc(C)nn2-c2nc3c(Cl)cccc3s2)n(C)n1. The summed E-state index contributed by atoms with van der Waals surface area (Å²) < 4.78 is 4.13. The lowest BCUT2D eigenvalue weighted by atomic mass is 10.3. The lowest BCUT2D eigenvalue weighted by molar-refractivity contribution is 0.101. The van der Waals surface area contributed by atoms with Gasteiger partial charge in [-0.15, -0.1) is 0 Å². The van der Waals surface area contributed by atoms with E-state index in [1.807, 2.05) is 26.0 Å². The molecule has 0 radical (unpaired) electrons. The van der Waals surface area contributed by atoms with Crippen molar-refractivity contribution >= 4 is 44.9 Å². The van der Waals surface area contributed by atoms with E-state index in [-0.39, 0.29) is 5.91 Å². The smallest absolute Gasteiger partial charge is 0.275 e. The summed E-state index contributed by atoms with van der Waals surface area (Å²) >= 11 is 7.68. The summed E-state index contributed by atoms with van der Waals surface area (Å²) in [6.07, 6.45) is 0. The van der Waals surface area contributed by atoms with Crippen LogP contribution in [-0.4, -0.2) is 30.5 Å². The van der Waals surface area contributed by atoms with Gasteiger partial charge in [0.1, 0.15) is 17.0 Å². The fraction of sp³-hybridized carbons (Fsp3) is 0.176. The van der Waals surface area contributed by atoms with Crippen molar-refractivity contribution in [2.75, 3.05) is 5.32 Å². The van der Waals surface area contributed by atoms with Gasteiger partial charge >= 0.3 is 0 Å². The van der Waals surface area contributed by atoms with Crippen LogP contribution in [-0.2, 0) is 7.05 Å². The Labute approximate surface area is 158 Å². The molecule has 1 N–H and O–H groups in total. The molecule has 0 aliphatic rings. The predicted octanol–water partition coefficient (Wildman–Crippen LogP) is 3.74. The first-order chi connectivity index (χ1) is 12.4. The maximum atomic E-state index is 12.6. The largest absolute Gasteiger partial charge is 0.305 e. The molecular weight excluding hydrogens is 372 g/mol. The number of carbonyl (C=O) groups is 1. The van der Waals surface area contributed by atoms with E-state index >= 15 is 0 Å². The van der Waals surface area contributed by atoms with E-state index in [1.54, 1.807) is 34.6 Å². The number of nitrogens with one attached hydrogen (secondary N) is 1. The van der Waals surface area contributed by atoms with E-state index in [0.29, 0.717) is 21.7 Å². The number of hydrogen-bond donors (Lipinski definition) is 1. The van der Waals surface area contributed by atoms with Crippen LogP contribution in [0.2, 0.25) is 5.02 Å². The Morgan fingerprint density at radius 1 is 1.19 bits per heavy atom. The molecule has 0 atom stereocenters. The minimum Gasteiger partial charge on any atom is -0.305 e. The molecule has 1 amide bonds. The second kappa shape index (κ2) is 6.22. The highest BCUT2D eigenvalue weighted by Gasteiger charge is 2.18. The molecule has 0 aliphatic carbocycles. The van der Waals surface area contributed by atoms with Crippen molar-refractivity contribution in [1.29, 1.82) is 0 Å². The lowest BCUT2D eigenvalue weighted by Gasteiger charge is -2.06. The molecule has 4 aromatic rings. The highest BCUT2D eigenvalue weighted by atomic mass is 35.5. The molecule has 0 fully saturated rings. The number of nitrogens with zero attached hydrogens (tertiary/aromatic N) is 5. The molecule has 0 bridgehead atoms. The van der Waals surface area contributed by atoms with E-state index in [4.69, 9.17) is 11.6 Å². The van der Waals surface area contributed by atoms with Gasteiger partial charge in [-0.1, -0.05) is 29.0 Å². The molecule has 7 nitrogen and oxygen atoms in total. The van der Waals surface area contributed by atoms with Crippen LogP contribution in [0.4, 0.5) is 5.82 Å². The summed E-state index contributed by atoms with van der Waals surface area (Å²) in [7, 11) is 1.74. The van der Waals surface area contributed by atoms with Crippen molar-refractivity contribution in [2.45, 2.75) is 13.8 Å². The molecule has 3 aromatic heterocycles. The zero-order valence-corrected chi connectivity index (χ0v) is 15.9. The van der Waals surface area contributed by atoms with Gasteiger partial charge in [0.15, 0.2) is 0 Å². The minimum atomic E-state index is -0.256. The molecule has 4 rings (SSSR count). The maximum Gasteiger partial charge on any atom is 0.275 e. The van der Waals surface area contributed by atoms with Crippen LogP contribution in [0.5, 0.6) is 0 Å². The fourth-order valence-electron chi connectivity index (χ4n) is 2.73. The van der Waals surface area contributed by atoms with E-state index in [9.17, 15) is 4.79 Å². The van der Waals surface area contributed by atoms with Gasteiger partial charge in [-0.2, -0.15) is 14.9 Å². The van der Waals surface area contributed by atoms with Gasteiger partial charge in [-0.3, -0.25) is 9.48 Å². The first-order valence-corrected chi connectivity index (χ1v) is 9.06. The Hall–Kier alpha value is -2.71. The van der Waals surface area contributed by atoms with Crippen molar-refractivity contribution in [2.24, 2.45) is 7.05 Å². The molecule has 26 heavy (non-hydrogen) atoms. The molecule has 3 heterocycles. The third-order valence-electron chi connectivity index (χ3n) is 3.85. The molecule has 9 heteroatoms. The number of benzene rings is 1. The van der Waals surface area contributed by atoms with Crippen molar-refractivity contribution in [3.63, 3.8) is 0 Å². The number of thiazole rings is 1. The predicted molar refractivity (Wildman–Crippen MR) is 102 cm³/mol. The third-order valence-corrected chi connectivity index (χ3v) is 5.15. The Kier molecular flexibility index (Phi) is 4.01. The normalized spacial score (nSPS) is 11.2. The number of amides is 1. The van der Waals surface area contributed by atoms with Crippen molar-refractivity contribution in [1.82, 2.24) is 24.5 Å². The average molecular weight is 387 g/mol. The Bertz CT molecular complexity index is 1140. The molecule has 0 spiro atoms. The zero-order valence-electron chi connectivity index (χ0n) is 14.3. The van der Waals surface area contributed by atoms with Crippen LogP contribution in [0, 0.1) is 13.8 Å². The molecule has 1 aromatic carbocycles. The summed E-state index contributed by atoms with van der Waals surface area (Å²) in [6.45, 7) is 3.71. The lowest BCUT2D eigenvalue weighted by Crippen LogP contribution is -2.18. The highest BCUT2D eigenvalue weighted by Crippen LogP contribution is 2.31. The number of para-hydroxylation sites is 1. The highest BCUT2D eigenvalue weighted by molar-refractivity contribution is 7.20. The standard InChI is InChI=1S/C17H15ClN6OS/c1-9-7-12(23(3)21-9)16(25)19-14-8-10(2)22-24(14)17-20-15-11(18)5-4-6-13(15)26-17/h4-8H,1-3H3,(H,19,25). The van der Waals surface area contributed by atoms with Crippen molar-refractivity contribution in [3.8, 4) is 5.13 Å². The second-order valence-corrected chi connectivity index (χ2v) is 7.33. The first kappa shape index (κ1) is 16.7. The number of fused-ring (bicyclic) bond motifs is 1. The van der Waals surface area contributed by atoms with Crippen molar-refractivity contribution in [3.05, 3.63) is 52.4 Å². The molecule has 0 unspecified atom stereocenters. The Balaban J connectivity index is 1.73. The number of hydrogen-bond acceptors (Lipinski definition) is 5. The molecule has 0 saturated heterocycles. The summed E-state index contributed by atoms with van der Waals surface area (Å²) in [5.74, 6) is 0.287. The number of carbonyl (C=O) groups excluding carboxylic acids is 1. The minimum absolute atomic E-state index is 0.256. The van der Waals surface area contributed by atoms with Gasteiger partial charge in [-0.05, 0) is 32.0 Å². The Morgan fingerprint density at radius 3 is 2.65 bits per heavy atom. The van der Waals surface area contributed by atoms with Crippen LogP contribution < -0.4 is 5.32 Å². The van der Waals surface area contributed by atoms with Crippen LogP contribution in [0.3, 0.4) is 0 Å². The van der Waals surface area contributed by atoms with Gasteiger partial charge in [-0.25, -0.2) is 4.98 Å². The molecular formula is C17H15ClN6OS. The van der Waals surface area contributed by atoms with E-state index in [1.165, 1.54) is 11.3 Å². The second-order valence-electron chi connectivity index (χ2n) is 5.91. The van der Waals surface area contributed by atoms with Gasteiger partial charge in [0, 0.05) is 13.1 Å². The van der Waals surface area contributed by atoms with Gasteiger partial charge in [0.2, 0.25) is 5.13 Å². The van der Waals surface area contributed by atoms with Crippen molar-refractivity contribution < 1.29 is 4.79 Å². The third kappa shape index (κ3) is 2.87. The van der Waals surface area contributed by atoms with E-state index in [2.05, 4.69) is 20.5 Å². The number of halogens is 1. The van der Waals surface area contributed by atoms with Crippen LogP contribution >= 0.6 is 22.9 Å². The van der Waals surface area contributed by atoms with Gasteiger partial charge in [0.05, 0.1) is 21.1 Å². The average Bonchev–Trinajstić information content (AvgIpc) is 3.25. The van der Waals surface area contributed by atoms with Crippen LogP contribution in [0.1, 0.15) is 21.9 Å². The van der Waals surface area contributed by atoms with E-state index < -0.39 is 0 Å². The van der Waals surface area contributed by atoms with E-state index in [0.717, 1.165) is 21.6 Å². The molecule has 0 saturated carbocycles. The van der Waals surface area contributed by atoms with Gasteiger partial charge in [0.25, 0.3) is 5.91 Å². The van der Waals surface area contributed by atoms with Crippen LogP contribution in [0.15, 0.2) is 30.3 Å².